The molecule has 1 N–H and O–H groups in total. The standard InChI is InChI=1S/C16H18ClN3OS/c1-3-12(4-2)15-19-20-16(22-15)18-14(21)10-7-11-5-8-13(17)9-6-11/h5-10,12H,3-4H2,1-2H3,(H,18,20,21). The minimum absolute atomic E-state index is 0.220. The lowest BCUT2D eigenvalue weighted by Gasteiger charge is -2.05. The van der Waals surface area contributed by atoms with Crippen molar-refractivity contribution >= 4 is 40.1 Å². The van der Waals surface area contributed by atoms with Gasteiger partial charge < -0.3 is 0 Å². The highest BCUT2D eigenvalue weighted by Crippen LogP contribution is 2.27. The number of hydrogen-bond donors (Lipinski definition) is 1. The molecule has 1 heterocycles. The van der Waals surface area contributed by atoms with Crippen LogP contribution in [0, 0.1) is 0 Å². The first-order valence-corrected chi connectivity index (χ1v) is 8.39. The number of nitrogens with zero attached hydrogens (tertiary/aromatic N) is 2. The predicted molar refractivity (Wildman–Crippen MR) is 92.3 cm³/mol. The Balaban J connectivity index is 1.96. The Labute approximate surface area is 139 Å². The number of benzene rings is 1. The molecule has 0 aliphatic rings. The Bertz CT molecular complexity index is 648. The van der Waals surface area contributed by atoms with Crippen LogP contribution in [-0.2, 0) is 4.79 Å². The van der Waals surface area contributed by atoms with E-state index in [1.54, 1.807) is 18.2 Å². The lowest BCUT2D eigenvalue weighted by Crippen LogP contribution is -2.07. The average Bonchev–Trinajstić information content (AvgIpc) is 2.96. The van der Waals surface area contributed by atoms with Crippen LogP contribution in [0.4, 0.5) is 5.13 Å². The molecule has 0 saturated heterocycles. The number of amides is 1. The molecule has 116 valence electrons. The van der Waals surface area contributed by atoms with E-state index < -0.39 is 0 Å². The molecule has 2 aromatic rings. The van der Waals surface area contributed by atoms with E-state index in [1.807, 2.05) is 12.1 Å². The number of carbonyl (C=O) groups is 1. The van der Waals surface area contributed by atoms with Gasteiger partial charge in [0.1, 0.15) is 5.01 Å². The van der Waals surface area contributed by atoms with E-state index in [-0.39, 0.29) is 5.91 Å². The van der Waals surface area contributed by atoms with Crippen molar-refractivity contribution in [2.45, 2.75) is 32.6 Å². The van der Waals surface area contributed by atoms with Crippen LogP contribution in [0.3, 0.4) is 0 Å². The van der Waals surface area contributed by atoms with Gasteiger partial charge in [-0.15, -0.1) is 10.2 Å². The van der Waals surface area contributed by atoms with E-state index in [4.69, 9.17) is 11.6 Å². The maximum atomic E-state index is 11.9. The van der Waals surface area contributed by atoms with Gasteiger partial charge in [0.2, 0.25) is 11.0 Å². The fraction of sp³-hybridized carbons (Fsp3) is 0.312. The number of halogens is 1. The van der Waals surface area contributed by atoms with Gasteiger partial charge in [-0.25, -0.2) is 0 Å². The second kappa shape index (κ2) is 8.06. The summed E-state index contributed by atoms with van der Waals surface area (Å²) in [7, 11) is 0. The molecule has 0 fully saturated rings. The number of rotatable bonds is 6. The smallest absolute Gasteiger partial charge is 0.250 e. The third-order valence-electron chi connectivity index (χ3n) is 3.30. The number of hydrogen-bond acceptors (Lipinski definition) is 4. The monoisotopic (exact) mass is 335 g/mol. The van der Waals surface area contributed by atoms with Gasteiger partial charge in [-0.05, 0) is 36.6 Å². The van der Waals surface area contributed by atoms with Crippen molar-refractivity contribution in [2.75, 3.05) is 5.32 Å². The second-order valence-electron chi connectivity index (χ2n) is 4.83. The van der Waals surface area contributed by atoms with Gasteiger partial charge in [-0.3, -0.25) is 10.1 Å². The van der Waals surface area contributed by atoms with Crippen LogP contribution in [-0.4, -0.2) is 16.1 Å². The first kappa shape index (κ1) is 16.6. The molecular weight excluding hydrogens is 318 g/mol. The molecule has 0 spiro atoms. The predicted octanol–water partition coefficient (Wildman–Crippen LogP) is 4.75. The van der Waals surface area contributed by atoms with Crippen LogP contribution in [0.1, 0.15) is 43.2 Å². The summed E-state index contributed by atoms with van der Waals surface area (Å²) < 4.78 is 0. The Morgan fingerprint density at radius 1 is 1.27 bits per heavy atom. The summed E-state index contributed by atoms with van der Waals surface area (Å²) in [5, 5.41) is 13.1. The van der Waals surface area contributed by atoms with Gasteiger partial charge in [0.15, 0.2) is 0 Å². The minimum Gasteiger partial charge on any atom is -0.297 e. The highest BCUT2D eigenvalue weighted by molar-refractivity contribution is 7.15. The molecule has 1 amide bonds. The first-order valence-electron chi connectivity index (χ1n) is 7.20. The molecule has 0 atom stereocenters. The highest BCUT2D eigenvalue weighted by atomic mass is 35.5. The Morgan fingerprint density at radius 2 is 1.95 bits per heavy atom. The maximum Gasteiger partial charge on any atom is 0.250 e. The zero-order valence-corrected chi connectivity index (χ0v) is 14.1. The lowest BCUT2D eigenvalue weighted by molar-refractivity contribution is -0.111. The van der Waals surface area contributed by atoms with Crippen molar-refractivity contribution in [1.29, 1.82) is 0 Å². The zero-order chi connectivity index (χ0) is 15.9. The van der Waals surface area contributed by atoms with Crippen molar-refractivity contribution in [3.63, 3.8) is 0 Å². The molecule has 2 rings (SSSR count). The van der Waals surface area contributed by atoms with E-state index in [0.29, 0.717) is 16.1 Å². The van der Waals surface area contributed by atoms with Gasteiger partial charge >= 0.3 is 0 Å². The summed E-state index contributed by atoms with van der Waals surface area (Å²) in [5.41, 5.74) is 0.912. The average molecular weight is 336 g/mol. The molecule has 22 heavy (non-hydrogen) atoms. The summed E-state index contributed by atoms with van der Waals surface area (Å²) in [6.07, 6.45) is 5.25. The van der Waals surface area contributed by atoms with Crippen molar-refractivity contribution in [2.24, 2.45) is 0 Å². The molecule has 1 aromatic heterocycles. The van der Waals surface area contributed by atoms with Crippen LogP contribution >= 0.6 is 22.9 Å². The maximum absolute atomic E-state index is 11.9. The van der Waals surface area contributed by atoms with E-state index in [0.717, 1.165) is 23.4 Å². The van der Waals surface area contributed by atoms with Crippen molar-refractivity contribution in [3.8, 4) is 0 Å². The Hall–Kier alpha value is -1.72. The van der Waals surface area contributed by atoms with Gasteiger partial charge in [0.25, 0.3) is 0 Å². The van der Waals surface area contributed by atoms with Gasteiger partial charge in [-0.2, -0.15) is 0 Å². The van der Waals surface area contributed by atoms with Gasteiger partial charge in [-0.1, -0.05) is 48.9 Å². The molecular formula is C16H18ClN3OS. The lowest BCUT2D eigenvalue weighted by atomic mass is 10.1. The summed E-state index contributed by atoms with van der Waals surface area (Å²) >= 11 is 7.25. The quantitative estimate of drug-likeness (QED) is 0.775. The molecule has 0 bridgehead atoms. The van der Waals surface area contributed by atoms with E-state index in [2.05, 4.69) is 29.4 Å². The highest BCUT2D eigenvalue weighted by Gasteiger charge is 2.13. The molecule has 0 aliphatic carbocycles. The molecule has 1 aromatic carbocycles. The summed E-state index contributed by atoms with van der Waals surface area (Å²) in [6.45, 7) is 4.26. The zero-order valence-electron chi connectivity index (χ0n) is 12.5. The number of nitrogens with one attached hydrogen (secondary N) is 1. The van der Waals surface area contributed by atoms with E-state index >= 15 is 0 Å². The Kier molecular flexibility index (Phi) is 6.10. The fourth-order valence-corrected chi connectivity index (χ4v) is 3.12. The number of anilines is 1. The van der Waals surface area contributed by atoms with Crippen molar-refractivity contribution < 1.29 is 4.79 Å². The van der Waals surface area contributed by atoms with Crippen LogP contribution in [0.5, 0.6) is 0 Å². The molecule has 0 aliphatic heterocycles. The van der Waals surface area contributed by atoms with Crippen LogP contribution < -0.4 is 5.32 Å². The van der Waals surface area contributed by atoms with Crippen molar-refractivity contribution in [3.05, 3.63) is 45.9 Å². The molecule has 0 unspecified atom stereocenters. The number of aromatic nitrogens is 2. The normalized spacial score (nSPS) is 11.3. The molecule has 0 radical (unpaired) electrons. The third-order valence-corrected chi connectivity index (χ3v) is 4.56. The third kappa shape index (κ3) is 4.64. The van der Waals surface area contributed by atoms with Gasteiger partial charge in [0, 0.05) is 17.0 Å². The molecule has 6 heteroatoms. The fourth-order valence-electron chi connectivity index (χ4n) is 1.98. The molecule has 4 nitrogen and oxygen atoms in total. The topological polar surface area (TPSA) is 54.9 Å². The largest absolute Gasteiger partial charge is 0.297 e. The number of carbonyl (C=O) groups excluding carboxylic acids is 1. The van der Waals surface area contributed by atoms with Crippen LogP contribution in [0.2, 0.25) is 5.02 Å². The second-order valence-corrected chi connectivity index (χ2v) is 6.28. The summed E-state index contributed by atoms with van der Waals surface area (Å²) in [5.74, 6) is 0.190. The van der Waals surface area contributed by atoms with Crippen LogP contribution in [0.15, 0.2) is 30.3 Å². The van der Waals surface area contributed by atoms with Gasteiger partial charge in [0.05, 0.1) is 0 Å². The van der Waals surface area contributed by atoms with E-state index in [9.17, 15) is 4.79 Å². The van der Waals surface area contributed by atoms with E-state index in [1.165, 1.54) is 17.4 Å². The SMILES string of the molecule is CCC(CC)c1nnc(NC(=O)C=Cc2ccc(Cl)cc2)s1. The van der Waals surface area contributed by atoms with Crippen molar-refractivity contribution in [1.82, 2.24) is 10.2 Å². The van der Waals surface area contributed by atoms with Crippen LogP contribution in [0.25, 0.3) is 6.08 Å². The first-order chi connectivity index (χ1) is 10.6. The minimum atomic E-state index is -0.220. The molecule has 0 saturated carbocycles. The summed E-state index contributed by atoms with van der Waals surface area (Å²) in [4.78, 5) is 11.9. The summed E-state index contributed by atoms with van der Waals surface area (Å²) in [6, 6.07) is 7.27. The Morgan fingerprint density at radius 3 is 2.59 bits per heavy atom.